The Kier molecular flexibility index (Phi) is 3.92. The predicted octanol–water partition coefficient (Wildman–Crippen LogP) is 2.12. The number of nitrogens with one attached hydrogen (secondary N) is 1. The predicted molar refractivity (Wildman–Crippen MR) is 90.0 cm³/mol. The Morgan fingerprint density at radius 1 is 1.17 bits per heavy atom. The molecule has 6 nitrogen and oxygen atoms in total. The number of carbonyl (C=O) groups is 2. The van der Waals surface area contributed by atoms with Crippen LogP contribution in [-0.4, -0.2) is 45.5 Å². The van der Waals surface area contributed by atoms with Crippen LogP contribution < -0.4 is 5.32 Å². The standard InChI is InChI=1S/C17H19ClN4O2/c18-12-5-8-22-14(9-12)10-15(20-22)17(24)21-6-3-11(4-7-21)16(23)19-13-1-2-13/h5,8-11,13H,1-4,6-7H2,(H,19,23). The van der Waals surface area contributed by atoms with E-state index in [4.69, 9.17) is 11.6 Å². The average molecular weight is 347 g/mol. The van der Waals surface area contributed by atoms with Crippen molar-refractivity contribution >= 4 is 28.9 Å². The summed E-state index contributed by atoms with van der Waals surface area (Å²) in [6.45, 7) is 1.19. The summed E-state index contributed by atoms with van der Waals surface area (Å²) in [6, 6.07) is 5.65. The van der Waals surface area contributed by atoms with Crippen molar-refractivity contribution in [2.24, 2.45) is 5.92 Å². The minimum atomic E-state index is -0.0872. The number of fused-ring (bicyclic) bond motifs is 1. The number of halogens is 1. The minimum Gasteiger partial charge on any atom is -0.353 e. The first-order valence-corrected chi connectivity index (χ1v) is 8.72. The summed E-state index contributed by atoms with van der Waals surface area (Å²) in [5.74, 6) is 0.0809. The maximum absolute atomic E-state index is 12.6. The molecule has 1 N–H and O–H groups in total. The second-order valence-corrected chi connectivity index (χ2v) is 7.03. The summed E-state index contributed by atoms with van der Waals surface area (Å²) >= 11 is 5.97. The van der Waals surface area contributed by atoms with Gasteiger partial charge in [-0.1, -0.05) is 11.6 Å². The van der Waals surface area contributed by atoms with E-state index >= 15 is 0 Å². The van der Waals surface area contributed by atoms with Gasteiger partial charge in [0.15, 0.2) is 5.69 Å². The van der Waals surface area contributed by atoms with Crippen LogP contribution in [0.1, 0.15) is 36.2 Å². The van der Waals surface area contributed by atoms with Crippen molar-refractivity contribution in [3.05, 3.63) is 35.1 Å². The molecule has 2 aliphatic rings. The van der Waals surface area contributed by atoms with Gasteiger partial charge in [0.2, 0.25) is 5.91 Å². The third kappa shape index (κ3) is 3.11. The molecule has 4 rings (SSSR count). The molecule has 24 heavy (non-hydrogen) atoms. The van der Waals surface area contributed by atoms with E-state index in [-0.39, 0.29) is 17.7 Å². The lowest BCUT2D eigenvalue weighted by molar-refractivity contribution is -0.126. The van der Waals surface area contributed by atoms with Crippen molar-refractivity contribution in [1.29, 1.82) is 0 Å². The molecule has 0 aromatic carbocycles. The highest BCUT2D eigenvalue weighted by Crippen LogP contribution is 2.23. The number of nitrogens with zero attached hydrogens (tertiary/aromatic N) is 3. The Morgan fingerprint density at radius 2 is 1.92 bits per heavy atom. The number of amides is 2. The highest BCUT2D eigenvalue weighted by atomic mass is 35.5. The van der Waals surface area contributed by atoms with E-state index < -0.39 is 0 Å². The molecule has 0 radical (unpaired) electrons. The largest absolute Gasteiger partial charge is 0.353 e. The summed E-state index contributed by atoms with van der Waals surface area (Å²) in [7, 11) is 0. The van der Waals surface area contributed by atoms with Crippen LogP contribution in [0, 0.1) is 5.92 Å². The Morgan fingerprint density at radius 3 is 2.62 bits per heavy atom. The molecule has 1 saturated carbocycles. The van der Waals surface area contributed by atoms with Gasteiger partial charge in [-0.3, -0.25) is 9.59 Å². The van der Waals surface area contributed by atoms with E-state index in [9.17, 15) is 9.59 Å². The summed E-state index contributed by atoms with van der Waals surface area (Å²) in [5, 5.41) is 7.98. The first kappa shape index (κ1) is 15.4. The molecule has 1 aliphatic heterocycles. The molecule has 126 valence electrons. The van der Waals surface area contributed by atoms with Gasteiger partial charge in [-0.15, -0.1) is 0 Å². The zero-order valence-electron chi connectivity index (χ0n) is 13.2. The molecular weight excluding hydrogens is 328 g/mol. The van der Waals surface area contributed by atoms with Crippen molar-refractivity contribution < 1.29 is 9.59 Å². The smallest absolute Gasteiger partial charge is 0.274 e. The number of rotatable bonds is 3. The molecule has 0 atom stereocenters. The van der Waals surface area contributed by atoms with Crippen LogP contribution in [0.3, 0.4) is 0 Å². The van der Waals surface area contributed by atoms with Crippen LogP contribution in [-0.2, 0) is 4.79 Å². The van der Waals surface area contributed by atoms with Crippen molar-refractivity contribution in [3.63, 3.8) is 0 Å². The fourth-order valence-corrected chi connectivity index (χ4v) is 3.29. The lowest BCUT2D eigenvalue weighted by atomic mass is 9.95. The fraction of sp³-hybridized carbons (Fsp3) is 0.471. The molecule has 2 aromatic heterocycles. The van der Waals surface area contributed by atoms with Gasteiger partial charge in [0.1, 0.15) is 0 Å². The van der Waals surface area contributed by atoms with Gasteiger partial charge in [0, 0.05) is 36.3 Å². The zero-order valence-corrected chi connectivity index (χ0v) is 14.0. The van der Waals surface area contributed by atoms with E-state index in [1.807, 2.05) is 0 Å². The molecule has 0 bridgehead atoms. The van der Waals surface area contributed by atoms with E-state index in [0.717, 1.165) is 18.4 Å². The summed E-state index contributed by atoms with van der Waals surface area (Å²) in [6.07, 6.45) is 5.36. The zero-order chi connectivity index (χ0) is 16.7. The van der Waals surface area contributed by atoms with Gasteiger partial charge in [0.05, 0.1) is 5.52 Å². The lowest BCUT2D eigenvalue weighted by Gasteiger charge is -2.30. The molecule has 1 saturated heterocycles. The molecule has 0 spiro atoms. The number of carbonyl (C=O) groups excluding carboxylic acids is 2. The normalized spacial score (nSPS) is 18.8. The highest BCUT2D eigenvalue weighted by molar-refractivity contribution is 6.30. The molecule has 2 amide bonds. The van der Waals surface area contributed by atoms with E-state index in [0.29, 0.717) is 42.7 Å². The first-order chi connectivity index (χ1) is 11.6. The lowest BCUT2D eigenvalue weighted by Crippen LogP contribution is -2.43. The summed E-state index contributed by atoms with van der Waals surface area (Å²) < 4.78 is 1.65. The van der Waals surface area contributed by atoms with Crippen LogP contribution in [0.2, 0.25) is 5.02 Å². The number of piperidine rings is 1. The third-order valence-corrected chi connectivity index (χ3v) is 4.96. The number of hydrogen-bond donors (Lipinski definition) is 1. The maximum Gasteiger partial charge on any atom is 0.274 e. The van der Waals surface area contributed by atoms with Crippen LogP contribution >= 0.6 is 11.6 Å². The molecule has 1 aliphatic carbocycles. The quantitative estimate of drug-likeness (QED) is 0.925. The Bertz CT molecular complexity index is 791. The maximum atomic E-state index is 12.6. The number of likely N-dealkylation sites (tertiary alicyclic amines) is 1. The monoisotopic (exact) mass is 346 g/mol. The molecule has 2 fully saturated rings. The minimum absolute atomic E-state index is 0.0227. The Hall–Kier alpha value is -2.08. The number of hydrogen-bond acceptors (Lipinski definition) is 3. The Labute approximate surface area is 144 Å². The van der Waals surface area contributed by atoms with E-state index in [1.165, 1.54) is 0 Å². The third-order valence-electron chi connectivity index (χ3n) is 4.72. The van der Waals surface area contributed by atoms with Crippen molar-refractivity contribution in [3.8, 4) is 0 Å². The number of pyridine rings is 1. The van der Waals surface area contributed by atoms with Gasteiger partial charge in [0.25, 0.3) is 5.91 Å². The molecular formula is C17H19ClN4O2. The molecule has 0 unspecified atom stereocenters. The molecule has 3 heterocycles. The topological polar surface area (TPSA) is 66.7 Å². The second-order valence-electron chi connectivity index (χ2n) is 6.59. The van der Waals surface area contributed by atoms with Crippen LogP contribution in [0.4, 0.5) is 0 Å². The van der Waals surface area contributed by atoms with Crippen molar-refractivity contribution in [2.75, 3.05) is 13.1 Å². The van der Waals surface area contributed by atoms with Gasteiger partial charge in [-0.05, 0) is 43.9 Å². The first-order valence-electron chi connectivity index (χ1n) is 8.35. The SMILES string of the molecule is O=C(NC1CC1)C1CCN(C(=O)c2cc3cc(Cl)ccn3n2)CC1. The van der Waals surface area contributed by atoms with Crippen molar-refractivity contribution in [2.45, 2.75) is 31.7 Å². The average Bonchev–Trinajstić information content (AvgIpc) is 3.30. The van der Waals surface area contributed by atoms with E-state index in [2.05, 4.69) is 10.4 Å². The summed E-state index contributed by atoms with van der Waals surface area (Å²) in [5.41, 5.74) is 1.21. The highest BCUT2D eigenvalue weighted by Gasteiger charge is 2.31. The fourth-order valence-electron chi connectivity index (χ4n) is 3.13. The van der Waals surface area contributed by atoms with Crippen LogP contribution in [0.15, 0.2) is 24.4 Å². The van der Waals surface area contributed by atoms with Gasteiger partial charge in [-0.2, -0.15) is 5.10 Å². The van der Waals surface area contributed by atoms with Crippen molar-refractivity contribution in [1.82, 2.24) is 19.8 Å². The number of aromatic nitrogens is 2. The van der Waals surface area contributed by atoms with Gasteiger partial charge in [-0.25, -0.2) is 4.52 Å². The van der Waals surface area contributed by atoms with Gasteiger partial charge < -0.3 is 10.2 Å². The van der Waals surface area contributed by atoms with Crippen LogP contribution in [0.5, 0.6) is 0 Å². The summed E-state index contributed by atoms with van der Waals surface area (Å²) in [4.78, 5) is 26.5. The second kappa shape index (κ2) is 6.09. The molecule has 2 aromatic rings. The van der Waals surface area contributed by atoms with E-state index in [1.54, 1.807) is 33.8 Å². The Balaban J connectivity index is 1.40. The van der Waals surface area contributed by atoms with Crippen LogP contribution in [0.25, 0.3) is 5.52 Å². The van der Waals surface area contributed by atoms with Gasteiger partial charge >= 0.3 is 0 Å². The molecule has 7 heteroatoms.